The highest BCUT2D eigenvalue weighted by molar-refractivity contribution is 14.2. The molecule has 0 heterocycles. The van der Waals surface area contributed by atoms with Gasteiger partial charge in [-0.1, -0.05) is 45.2 Å². The van der Waals surface area contributed by atoms with Crippen LogP contribution in [-0.2, 0) is 4.79 Å². The Bertz CT molecular complexity index is 82.1. The summed E-state index contributed by atoms with van der Waals surface area (Å²) in [6.45, 7) is 0. The summed E-state index contributed by atoms with van der Waals surface area (Å²) in [6.07, 6.45) is 1.05. The van der Waals surface area contributed by atoms with E-state index in [1.54, 1.807) is 0 Å². The van der Waals surface area contributed by atoms with Crippen molar-refractivity contribution in [3.05, 3.63) is 0 Å². The van der Waals surface area contributed by atoms with E-state index in [-0.39, 0.29) is 6.42 Å². The van der Waals surface area contributed by atoms with Gasteiger partial charge >= 0.3 is 5.97 Å². The molecular formula is C4H6I2O2. The van der Waals surface area contributed by atoms with Crippen LogP contribution >= 0.6 is 45.2 Å². The zero-order valence-corrected chi connectivity index (χ0v) is 8.42. The molecule has 0 fully saturated rings. The molecule has 0 unspecified atom stereocenters. The fraction of sp³-hybridized carbons (Fsp3) is 0.750. The molecule has 8 heavy (non-hydrogen) atoms. The van der Waals surface area contributed by atoms with E-state index in [1.165, 1.54) is 0 Å². The highest BCUT2D eigenvalue weighted by atomic mass is 127. The maximum Gasteiger partial charge on any atom is 0.303 e. The molecule has 0 aromatic rings. The van der Waals surface area contributed by atoms with E-state index in [4.69, 9.17) is 5.11 Å². The largest absolute Gasteiger partial charge is 0.481 e. The second-order valence-corrected chi connectivity index (χ2v) is 6.71. The Morgan fingerprint density at radius 2 is 2.12 bits per heavy atom. The zero-order chi connectivity index (χ0) is 6.57. The molecule has 48 valence electrons. The normalized spacial score (nSPS) is 9.88. The van der Waals surface area contributed by atoms with Crippen LogP contribution in [0, 0.1) is 0 Å². The van der Waals surface area contributed by atoms with Gasteiger partial charge in [0.2, 0.25) is 0 Å². The van der Waals surface area contributed by atoms with Gasteiger partial charge in [-0.3, -0.25) is 4.79 Å². The summed E-state index contributed by atoms with van der Waals surface area (Å²) < 4.78 is 0.446. The Kier molecular flexibility index (Phi) is 5.33. The molecule has 0 aliphatic carbocycles. The van der Waals surface area contributed by atoms with Crippen LogP contribution in [0.1, 0.15) is 12.8 Å². The second kappa shape index (κ2) is 4.78. The van der Waals surface area contributed by atoms with Gasteiger partial charge in [0, 0.05) is 6.42 Å². The lowest BCUT2D eigenvalue weighted by molar-refractivity contribution is -0.137. The van der Waals surface area contributed by atoms with E-state index in [1.807, 2.05) is 0 Å². The molecule has 0 aromatic carbocycles. The number of alkyl halides is 2. The molecule has 0 aliphatic heterocycles. The van der Waals surface area contributed by atoms with Crippen molar-refractivity contribution in [1.82, 2.24) is 0 Å². The van der Waals surface area contributed by atoms with E-state index in [2.05, 4.69) is 45.2 Å². The van der Waals surface area contributed by atoms with Crippen LogP contribution in [0.4, 0.5) is 0 Å². The number of aliphatic carboxylic acids is 1. The van der Waals surface area contributed by atoms with Crippen molar-refractivity contribution >= 4 is 51.2 Å². The summed E-state index contributed by atoms with van der Waals surface area (Å²) in [6, 6.07) is 0. The van der Waals surface area contributed by atoms with Crippen LogP contribution in [0.5, 0.6) is 0 Å². The van der Waals surface area contributed by atoms with Crippen LogP contribution in [0.2, 0.25) is 0 Å². The average molecular weight is 340 g/mol. The maximum absolute atomic E-state index is 9.90. The molecule has 0 radical (unpaired) electrons. The second-order valence-electron chi connectivity index (χ2n) is 1.32. The monoisotopic (exact) mass is 340 g/mol. The van der Waals surface area contributed by atoms with Gasteiger partial charge in [-0.25, -0.2) is 0 Å². The molecule has 0 saturated carbocycles. The highest BCUT2D eigenvalue weighted by Gasteiger charge is 2.00. The maximum atomic E-state index is 9.90. The Balaban J connectivity index is 3.05. The number of carbonyl (C=O) groups is 1. The molecule has 0 atom stereocenters. The van der Waals surface area contributed by atoms with Crippen LogP contribution in [0.25, 0.3) is 0 Å². The number of carboxylic acids is 1. The predicted molar refractivity (Wildman–Crippen MR) is 48.7 cm³/mol. The van der Waals surface area contributed by atoms with E-state index in [9.17, 15) is 4.79 Å². The van der Waals surface area contributed by atoms with Gasteiger partial charge in [0.15, 0.2) is 0 Å². The van der Waals surface area contributed by atoms with Crippen molar-refractivity contribution in [3.8, 4) is 0 Å². The third-order valence-corrected chi connectivity index (χ3v) is 1.82. The Morgan fingerprint density at radius 3 is 2.25 bits per heavy atom. The van der Waals surface area contributed by atoms with Crippen molar-refractivity contribution in [2.24, 2.45) is 0 Å². The van der Waals surface area contributed by atoms with E-state index in [0.29, 0.717) is 1.93 Å². The fourth-order valence-electron chi connectivity index (χ4n) is 0.233. The number of hydrogen-bond acceptors (Lipinski definition) is 1. The lowest BCUT2D eigenvalue weighted by Gasteiger charge is -1.94. The fourth-order valence-corrected chi connectivity index (χ4v) is 0.855. The minimum absolute atomic E-state index is 0.288. The van der Waals surface area contributed by atoms with Crippen molar-refractivity contribution in [2.75, 3.05) is 0 Å². The molecular weight excluding hydrogens is 334 g/mol. The number of carboxylic acid groups (broad SMARTS) is 1. The van der Waals surface area contributed by atoms with Crippen molar-refractivity contribution in [1.29, 1.82) is 0 Å². The average Bonchev–Trinajstić information content (AvgIpc) is 1.61. The molecule has 0 aromatic heterocycles. The molecule has 0 spiro atoms. The third kappa shape index (κ3) is 6.93. The summed E-state index contributed by atoms with van der Waals surface area (Å²) in [5.74, 6) is -0.705. The topological polar surface area (TPSA) is 37.3 Å². The Hall–Kier alpha value is 0.930. The van der Waals surface area contributed by atoms with Crippen LogP contribution in [0.15, 0.2) is 0 Å². The van der Waals surface area contributed by atoms with Crippen molar-refractivity contribution in [3.63, 3.8) is 0 Å². The summed E-state index contributed by atoms with van der Waals surface area (Å²) in [5, 5.41) is 8.16. The minimum Gasteiger partial charge on any atom is -0.481 e. The molecule has 0 aliphatic rings. The van der Waals surface area contributed by atoms with Gasteiger partial charge < -0.3 is 5.11 Å². The molecule has 1 N–H and O–H groups in total. The molecule has 4 heteroatoms. The first-order valence-electron chi connectivity index (χ1n) is 2.13. The Labute approximate surface area is 75.3 Å². The first-order chi connectivity index (χ1) is 3.63. The molecule has 2 nitrogen and oxygen atoms in total. The first kappa shape index (κ1) is 8.93. The van der Waals surface area contributed by atoms with Gasteiger partial charge in [-0.15, -0.1) is 0 Å². The lowest BCUT2D eigenvalue weighted by atomic mass is 10.3. The van der Waals surface area contributed by atoms with Crippen molar-refractivity contribution in [2.45, 2.75) is 14.8 Å². The van der Waals surface area contributed by atoms with Crippen LogP contribution in [-0.4, -0.2) is 13.0 Å². The number of rotatable bonds is 3. The van der Waals surface area contributed by atoms with Gasteiger partial charge in [0.25, 0.3) is 0 Å². The van der Waals surface area contributed by atoms with Crippen LogP contribution < -0.4 is 0 Å². The molecule has 0 amide bonds. The van der Waals surface area contributed by atoms with Crippen LogP contribution in [0.3, 0.4) is 0 Å². The zero-order valence-electron chi connectivity index (χ0n) is 4.10. The highest BCUT2D eigenvalue weighted by Crippen LogP contribution is 2.15. The molecule has 0 bridgehead atoms. The Morgan fingerprint density at radius 1 is 1.62 bits per heavy atom. The first-order valence-corrected chi connectivity index (χ1v) is 4.62. The predicted octanol–water partition coefficient (Wildman–Crippen LogP) is 2.05. The molecule has 0 rings (SSSR count). The summed E-state index contributed by atoms with van der Waals surface area (Å²) in [5.41, 5.74) is 0. The van der Waals surface area contributed by atoms with Gasteiger partial charge in [-0.2, -0.15) is 0 Å². The summed E-state index contributed by atoms with van der Waals surface area (Å²) in [4.78, 5) is 9.90. The van der Waals surface area contributed by atoms with E-state index in [0.717, 1.165) is 6.42 Å². The van der Waals surface area contributed by atoms with Crippen molar-refractivity contribution < 1.29 is 9.90 Å². The van der Waals surface area contributed by atoms with Gasteiger partial charge in [0.1, 0.15) is 0 Å². The minimum atomic E-state index is -0.705. The van der Waals surface area contributed by atoms with E-state index < -0.39 is 5.97 Å². The summed E-state index contributed by atoms with van der Waals surface area (Å²) in [7, 11) is 0. The van der Waals surface area contributed by atoms with Gasteiger partial charge in [0.05, 0.1) is 1.93 Å². The molecule has 0 saturated heterocycles. The van der Waals surface area contributed by atoms with Gasteiger partial charge in [-0.05, 0) is 6.42 Å². The smallest absolute Gasteiger partial charge is 0.303 e. The third-order valence-electron chi connectivity index (χ3n) is 0.576. The quantitative estimate of drug-likeness (QED) is 0.631. The number of hydrogen-bond donors (Lipinski definition) is 1. The SMILES string of the molecule is O=C(O)CCC(I)I. The van der Waals surface area contributed by atoms with E-state index >= 15 is 0 Å². The lowest BCUT2D eigenvalue weighted by Crippen LogP contribution is -1.96. The standard InChI is InChI=1S/C4H6I2O2/c5-3(6)1-2-4(7)8/h3H,1-2H2,(H,7,8). The summed E-state index contributed by atoms with van der Waals surface area (Å²) >= 11 is 4.40. The number of halogens is 2.